The van der Waals surface area contributed by atoms with Gasteiger partial charge in [0.15, 0.2) is 0 Å². The van der Waals surface area contributed by atoms with Gasteiger partial charge in [-0.3, -0.25) is 0 Å². The number of hydrogen-bond acceptors (Lipinski definition) is 1. The highest BCUT2D eigenvalue weighted by atomic mass is 35.5. The lowest BCUT2D eigenvalue weighted by atomic mass is 10.1. The fraction of sp³-hybridized carbons (Fsp3) is 0. The van der Waals surface area contributed by atoms with Crippen LogP contribution < -0.4 is 5.73 Å². The number of nitrogens with two attached hydrogens (primary N) is 1. The van der Waals surface area contributed by atoms with Gasteiger partial charge in [0, 0.05) is 10.6 Å². The fourth-order valence-corrected chi connectivity index (χ4v) is 1.84. The lowest BCUT2D eigenvalue weighted by Crippen LogP contribution is -1.91. The number of rotatable bonds is 0. The molecule has 84 valence electrons. The molecule has 0 spiro atoms. The topological polar surface area (TPSA) is 26.0 Å². The Morgan fingerprint density at radius 1 is 0.941 bits per heavy atom. The van der Waals surface area contributed by atoms with Crippen molar-refractivity contribution in [2.45, 2.75) is 0 Å². The summed E-state index contributed by atoms with van der Waals surface area (Å²) in [6.45, 7) is 0. The Labute approximate surface area is 110 Å². The highest BCUT2D eigenvalue weighted by Gasteiger charge is 2.03. The molecule has 2 aromatic rings. The first-order valence-corrected chi connectivity index (χ1v) is 5.74. The highest BCUT2D eigenvalue weighted by Crippen LogP contribution is 2.26. The van der Waals surface area contributed by atoms with E-state index in [-0.39, 0.29) is 0 Å². The van der Waals surface area contributed by atoms with E-state index in [2.05, 4.69) is 11.8 Å². The molecule has 1 nitrogen and oxygen atoms in total. The van der Waals surface area contributed by atoms with Crippen molar-refractivity contribution in [2.75, 3.05) is 5.73 Å². The van der Waals surface area contributed by atoms with Gasteiger partial charge in [0.1, 0.15) is 0 Å². The van der Waals surface area contributed by atoms with Gasteiger partial charge < -0.3 is 5.73 Å². The number of benzene rings is 2. The molecule has 17 heavy (non-hydrogen) atoms. The summed E-state index contributed by atoms with van der Waals surface area (Å²) < 4.78 is 0. The van der Waals surface area contributed by atoms with Crippen molar-refractivity contribution in [1.82, 2.24) is 0 Å². The van der Waals surface area contributed by atoms with E-state index in [4.69, 9.17) is 28.9 Å². The molecule has 0 aliphatic heterocycles. The van der Waals surface area contributed by atoms with Gasteiger partial charge in [0.05, 0.1) is 16.3 Å². The first-order chi connectivity index (χ1) is 8.16. The van der Waals surface area contributed by atoms with Gasteiger partial charge in [-0.05, 0) is 24.3 Å². The van der Waals surface area contributed by atoms with Crippen LogP contribution in [0.1, 0.15) is 11.1 Å². The Hall–Kier alpha value is -1.62. The molecular formula is C14H9Cl2N. The van der Waals surface area contributed by atoms with Crippen LogP contribution in [-0.2, 0) is 0 Å². The zero-order valence-corrected chi connectivity index (χ0v) is 10.4. The van der Waals surface area contributed by atoms with Crippen molar-refractivity contribution in [2.24, 2.45) is 0 Å². The normalized spacial score (nSPS) is 9.53. The van der Waals surface area contributed by atoms with Crippen LogP contribution in [0.4, 0.5) is 5.69 Å². The van der Waals surface area contributed by atoms with E-state index in [0.29, 0.717) is 21.3 Å². The molecule has 0 aliphatic rings. The summed E-state index contributed by atoms with van der Waals surface area (Å²) in [6.07, 6.45) is 0. The SMILES string of the molecule is Nc1c(Cl)cc(Cl)cc1C#Cc1ccccc1. The maximum Gasteiger partial charge on any atom is 0.0663 e. The second kappa shape index (κ2) is 5.14. The van der Waals surface area contributed by atoms with E-state index in [0.717, 1.165) is 5.56 Å². The van der Waals surface area contributed by atoms with Gasteiger partial charge in [-0.25, -0.2) is 0 Å². The largest absolute Gasteiger partial charge is 0.397 e. The molecule has 0 atom stereocenters. The molecule has 2 rings (SSSR count). The zero-order valence-electron chi connectivity index (χ0n) is 8.87. The third kappa shape index (κ3) is 2.94. The summed E-state index contributed by atoms with van der Waals surface area (Å²) in [5.41, 5.74) is 7.84. The van der Waals surface area contributed by atoms with Crippen LogP contribution >= 0.6 is 23.2 Å². The van der Waals surface area contributed by atoms with Crippen molar-refractivity contribution in [3.8, 4) is 11.8 Å². The molecule has 0 unspecified atom stereocenters. The van der Waals surface area contributed by atoms with Gasteiger partial charge in [0.25, 0.3) is 0 Å². The quantitative estimate of drug-likeness (QED) is 0.564. The van der Waals surface area contributed by atoms with Gasteiger partial charge in [0.2, 0.25) is 0 Å². The molecule has 0 saturated carbocycles. The molecule has 0 aromatic heterocycles. The van der Waals surface area contributed by atoms with Crippen LogP contribution in [0.25, 0.3) is 0 Å². The standard InChI is InChI=1S/C14H9Cl2N/c15-12-8-11(14(17)13(16)9-12)7-6-10-4-2-1-3-5-10/h1-5,8-9H,17H2. The van der Waals surface area contributed by atoms with Crippen molar-refractivity contribution >= 4 is 28.9 Å². The highest BCUT2D eigenvalue weighted by molar-refractivity contribution is 6.36. The fourth-order valence-electron chi connectivity index (χ4n) is 1.35. The van der Waals surface area contributed by atoms with Gasteiger partial charge >= 0.3 is 0 Å². The van der Waals surface area contributed by atoms with Crippen LogP contribution in [0, 0.1) is 11.8 Å². The summed E-state index contributed by atoms with van der Waals surface area (Å²) in [5, 5.41) is 0.955. The van der Waals surface area contributed by atoms with E-state index in [1.54, 1.807) is 12.1 Å². The number of nitrogen functional groups attached to an aromatic ring is 1. The number of hydrogen-bond donors (Lipinski definition) is 1. The van der Waals surface area contributed by atoms with E-state index in [1.165, 1.54) is 0 Å². The lowest BCUT2D eigenvalue weighted by Gasteiger charge is -2.01. The van der Waals surface area contributed by atoms with E-state index in [1.807, 2.05) is 30.3 Å². The summed E-state index contributed by atoms with van der Waals surface area (Å²) in [5.74, 6) is 5.98. The summed E-state index contributed by atoms with van der Waals surface area (Å²) in [4.78, 5) is 0. The summed E-state index contributed by atoms with van der Waals surface area (Å²) in [6, 6.07) is 13.0. The molecule has 0 heterocycles. The third-order valence-electron chi connectivity index (χ3n) is 2.21. The molecule has 2 N–H and O–H groups in total. The minimum atomic E-state index is 0.426. The first kappa shape index (κ1) is 11.9. The van der Waals surface area contributed by atoms with Crippen LogP contribution in [0.3, 0.4) is 0 Å². The average Bonchev–Trinajstić information content (AvgIpc) is 2.33. The lowest BCUT2D eigenvalue weighted by molar-refractivity contribution is 1.61. The molecule has 0 bridgehead atoms. The molecular weight excluding hydrogens is 253 g/mol. The Bertz CT molecular complexity index is 595. The Balaban J connectivity index is 2.41. The Morgan fingerprint density at radius 3 is 2.35 bits per heavy atom. The third-order valence-corrected chi connectivity index (χ3v) is 2.74. The Morgan fingerprint density at radius 2 is 1.65 bits per heavy atom. The minimum absolute atomic E-state index is 0.426. The second-order valence-electron chi connectivity index (χ2n) is 3.46. The molecule has 0 radical (unpaired) electrons. The molecule has 0 saturated heterocycles. The van der Waals surface area contributed by atoms with Crippen molar-refractivity contribution in [1.29, 1.82) is 0 Å². The van der Waals surface area contributed by atoms with Gasteiger partial charge in [-0.2, -0.15) is 0 Å². The average molecular weight is 262 g/mol. The predicted molar refractivity (Wildman–Crippen MR) is 73.3 cm³/mol. The Kier molecular flexibility index (Phi) is 3.58. The van der Waals surface area contributed by atoms with Crippen molar-refractivity contribution in [3.05, 3.63) is 63.6 Å². The minimum Gasteiger partial charge on any atom is -0.397 e. The van der Waals surface area contributed by atoms with Gasteiger partial charge in [-0.1, -0.05) is 53.2 Å². The van der Waals surface area contributed by atoms with Crippen LogP contribution in [0.2, 0.25) is 10.0 Å². The van der Waals surface area contributed by atoms with E-state index in [9.17, 15) is 0 Å². The van der Waals surface area contributed by atoms with Crippen molar-refractivity contribution < 1.29 is 0 Å². The zero-order chi connectivity index (χ0) is 12.3. The predicted octanol–water partition coefficient (Wildman–Crippen LogP) is 3.98. The maximum atomic E-state index is 5.92. The summed E-state index contributed by atoms with van der Waals surface area (Å²) >= 11 is 11.8. The maximum absolute atomic E-state index is 5.92. The summed E-state index contributed by atoms with van der Waals surface area (Å²) in [7, 11) is 0. The molecule has 2 aromatic carbocycles. The van der Waals surface area contributed by atoms with Crippen LogP contribution in [0.15, 0.2) is 42.5 Å². The monoisotopic (exact) mass is 261 g/mol. The van der Waals surface area contributed by atoms with E-state index < -0.39 is 0 Å². The smallest absolute Gasteiger partial charge is 0.0663 e. The van der Waals surface area contributed by atoms with Crippen LogP contribution in [-0.4, -0.2) is 0 Å². The van der Waals surface area contributed by atoms with Crippen molar-refractivity contribution in [3.63, 3.8) is 0 Å². The first-order valence-electron chi connectivity index (χ1n) is 4.98. The number of halogens is 2. The molecule has 0 amide bonds. The van der Waals surface area contributed by atoms with Crippen LogP contribution in [0.5, 0.6) is 0 Å². The molecule has 0 aliphatic carbocycles. The second-order valence-corrected chi connectivity index (χ2v) is 4.31. The van der Waals surface area contributed by atoms with Gasteiger partial charge in [-0.15, -0.1) is 0 Å². The van der Waals surface area contributed by atoms with E-state index >= 15 is 0 Å². The molecule has 3 heteroatoms. The number of anilines is 1. The molecule has 0 fully saturated rings.